The topological polar surface area (TPSA) is 37.3 Å². The molecule has 18 heavy (non-hydrogen) atoms. The minimum Gasteiger partial charge on any atom is -0.478 e. The molecular weight excluding hydrogens is 231 g/mol. The Hall–Kier alpha value is -1.90. The summed E-state index contributed by atoms with van der Waals surface area (Å²) >= 11 is 0. The second-order valence-corrected chi connectivity index (χ2v) is 4.67. The smallest absolute Gasteiger partial charge is 0.336 e. The molecule has 2 aromatic rings. The molecule has 2 nitrogen and oxygen atoms in total. The Bertz CT molecular complexity index is 672. The lowest BCUT2D eigenvalue weighted by Crippen LogP contribution is -2.04. The number of aryl methyl sites for hydroxylation is 3. The van der Waals surface area contributed by atoms with Gasteiger partial charge in [0.1, 0.15) is 5.82 Å². The summed E-state index contributed by atoms with van der Waals surface area (Å²) in [5.74, 6) is -1.22. The lowest BCUT2D eigenvalue weighted by molar-refractivity contribution is 0.0699. The van der Waals surface area contributed by atoms with Gasteiger partial charge in [-0.05, 0) is 61.4 Å². The first-order valence-electron chi connectivity index (χ1n) is 5.78. The molecule has 1 N–H and O–H groups in total. The molecule has 0 atom stereocenters. The molecule has 0 aliphatic carbocycles. The first-order chi connectivity index (χ1) is 8.36. The summed E-state index contributed by atoms with van der Waals surface area (Å²) in [6, 6.07) is 3.32. The number of hydrogen-bond acceptors (Lipinski definition) is 1. The van der Waals surface area contributed by atoms with Crippen molar-refractivity contribution in [3.05, 3.63) is 45.8 Å². The summed E-state index contributed by atoms with van der Waals surface area (Å²) < 4.78 is 14.1. The lowest BCUT2D eigenvalue weighted by atomic mass is 9.90. The van der Waals surface area contributed by atoms with Crippen molar-refractivity contribution in [1.29, 1.82) is 0 Å². The van der Waals surface area contributed by atoms with E-state index in [1.54, 1.807) is 32.9 Å². The van der Waals surface area contributed by atoms with Crippen molar-refractivity contribution in [2.24, 2.45) is 0 Å². The number of aromatic carboxylic acids is 1. The minimum atomic E-state index is -0.978. The predicted molar refractivity (Wildman–Crippen MR) is 69.8 cm³/mol. The highest BCUT2D eigenvalue weighted by Crippen LogP contribution is 2.33. The van der Waals surface area contributed by atoms with Gasteiger partial charge in [0.2, 0.25) is 0 Å². The SMILES string of the molecule is Cc1c(F)c(C)c2c(C)ccc(C(=O)O)c2c1C. The molecule has 0 radical (unpaired) electrons. The van der Waals surface area contributed by atoms with E-state index in [1.807, 2.05) is 6.92 Å². The molecule has 2 aromatic carbocycles. The second kappa shape index (κ2) is 4.09. The summed E-state index contributed by atoms with van der Waals surface area (Å²) in [4.78, 5) is 11.3. The number of benzene rings is 2. The molecule has 0 aliphatic rings. The quantitative estimate of drug-likeness (QED) is 0.828. The Labute approximate surface area is 105 Å². The normalized spacial score (nSPS) is 10.9. The molecule has 0 fully saturated rings. The van der Waals surface area contributed by atoms with Crippen molar-refractivity contribution >= 4 is 16.7 Å². The summed E-state index contributed by atoms with van der Waals surface area (Å²) in [5, 5.41) is 10.6. The van der Waals surface area contributed by atoms with Crippen LogP contribution in [-0.4, -0.2) is 11.1 Å². The Morgan fingerprint density at radius 3 is 2.17 bits per heavy atom. The number of carbonyl (C=O) groups is 1. The van der Waals surface area contributed by atoms with Crippen molar-refractivity contribution < 1.29 is 14.3 Å². The zero-order valence-corrected chi connectivity index (χ0v) is 10.9. The molecule has 0 saturated heterocycles. The van der Waals surface area contributed by atoms with E-state index in [9.17, 15) is 14.3 Å². The molecule has 2 rings (SSSR count). The van der Waals surface area contributed by atoms with Crippen LogP contribution in [-0.2, 0) is 0 Å². The van der Waals surface area contributed by atoms with E-state index in [2.05, 4.69) is 0 Å². The van der Waals surface area contributed by atoms with Crippen LogP contribution in [0.2, 0.25) is 0 Å². The maximum atomic E-state index is 14.1. The van der Waals surface area contributed by atoms with Crippen LogP contribution in [0.3, 0.4) is 0 Å². The molecule has 0 bridgehead atoms. The summed E-state index contributed by atoms with van der Waals surface area (Å²) in [7, 11) is 0. The van der Waals surface area contributed by atoms with E-state index in [1.165, 1.54) is 0 Å². The summed E-state index contributed by atoms with van der Waals surface area (Å²) in [6.07, 6.45) is 0. The number of halogens is 1. The van der Waals surface area contributed by atoms with Crippen LogP contribution in [0.4, 0.5) is 4.39 Å². The third-order valence-corrected chi connectivity index (χ3v) is 3.62. The van der Waals surface area contributed by atoms with Crippen molar-refractivity contribution in [1.82, 2.24) is 0 Å². The third-order valence-electron chi connectivity index (χ3n) is 3.62. The molecule has 0 aromatic heterocycles. The average molecular weight is 246 g/mol. The highest BCUT2D eigenvalue weighted by atomic mass is 19.1. The fourth-order valence-corrected chi connectivity index (χ4v) is 2.50. The monoisotopic (exact) mass is 246 g/mol. The van der Waals surface area contributed by atoms with Crippen molar-refractivity contribution in [3.63, 3.8) is 0 Å². The van der Waals surface area contributed by atoms with Gasteiger partial charge in [-0.2, -0.15) is 0 Å². The molecule has 0 spiro atoms. The van der Waals surface area contributed by atoms with Gasteiger partial charge in [0.05, 0.1) is 5.56 Å². The zero-order chi connectivity index (χ0) is 13.6. The second-order valence-electron chi connectivity index (χ2n) is 4.67. The predicted octanol–water partition coefficient (Wildman–Crippen LogP) is 3.91. The van der Waals surface area contributed by atoms with Gasteiger partial charge in [-0.15, -0.1) is 0 Å². The highest BCUT2D eigenvalue weighted by Gasteiger charge is 2.18. The van der Waals surface area contributed by atoms with Crippen LogP contribution in [0.1, 0.15) is 32.6 Å². The van der Waals surface area contributed by atoms with Crippen LogP contribution in [0.15, 0.2) is 12.1 Å². The number of carboxylic acid groups (broad SMARTS) is 1. The first kappa shape index (κ1) is 12.6. The largest absolute Gasteiger partial charge is 0.478 e. The Morgan fingerprint density at radius 1 is 1.00 bits per heavy atom. The average Bonchev–Trinajstić information content (AvgIpc) is 2.32. The molecule has 3 heteroatoms. The Kier molecular flexibility index (Phi) is 2.85. The zero-order valence-electron chi connectivity index (χ0n) is 10.9. The van der Waals surface area contributed by atoms with E-state index in [-0.39, 0.29) is 11.4 Å². The summed E-state index contributed by atoms with van der Waals surface area (Å²) in [6.45, 7) is 7.02. The van der Waals surface area contributed by atoms with Gasteiger partial charge in [0, 0.05) is 5.39 Å². The van der Waals surface area contributed by atoms with Crippen molar-refractivity contribution in [2.75, 3.05) is 0 Å². The van der Waals surface area contributed by atoms with Crippen molar-refractivity contribution in [3.8, 4) is 0 Å². The van der Waals surface area contributed by atoms with Crippen LogP contribution >= 0.6 is 0 Å². The number of fused-ring (bicyclic) bond motifs is 1. The molecule has 0 heterocycles. The Balaban J connectivity index is 3.13. The van der Waals surface area contributed by atoms with Gasteiger partial charge in [0.25, 0.3) is 0 Å². The molecular formula is C15H15FO2. The third kappa shape index (κ3) is 1.58. The fourth-order valence-electron chi connectivity index (χ4n) is 2.50. The van der Waals surface area contributed by atoms with E-state index in [4.69, 9.17) is 0 Å². The lowest BCUT2D eigenvalue weighted by Gasteiger charge is -2.15. The van der Waals surface area contributed by atoms with Gasteiger partial charge < -0.3 is 5.11 Å². The van der Waals surface area contributed by atoms with Gasteiger partial charge in [0.15, 0.2) is 0 Å². The van der Waals surface area contributed by atoms with E-state index in [0.29, 0.717) is 22.1 Å². The fraction of sp³-hybridized carbons (Fsp3) is 0.267. The maximum absolute atomic E-state index is 14.1. The van der Waals surface area contributed by atoms with E-state index in [0.717, 1.165) is 10.9 Å². The van der Waals surface area contributed by atoms with Crippen LogP contribution in [0.5, 0.6) is 0 Å². The number of carboxylic acids is 1. The number of rotatable bonds is 1. The van der Waals surface area contributed by atoms with E-state index >= 15 is 0 Å². The van der Waals surface area contributed by atoms with Crippen LogP contribution in [0.25, 0.3) is 10.8 Å². The molecule has 0 amide bonds. The molecule has 0 saturated carbocycles. The maximum Gasteiger partial charge on any atom is 0.336 e. The highest BCUT2D eigenvalue weighted by molar-refractivity contribution is 6.07. The standard InChI is InChI=1S/C15H15FO2/c1-7-5-6-11(15(17)18)13-8(2)9(3)14(16)10(4)12(7)13/h5-6H,1-4H3,(H,17,18). The van der Waals surface area contributed by atoms with E-state index < -0.39 is 5.97 Å². The van der Waals surface area contributed by atoms with Gasteiger partial charge in [-0.25, -0.2) is 9.18 Å². The molecule has 0 unspecified atom stereocenters. The van der Waals surface area contributed by atoms with Gasteiger partial charge in [-0.1, -0.05) is 6.07 Å². The molecule has 0 aliphatic heterocycles. The molecule has 94 valence electrons. The summed E-state index contributed by atoms with van der Waals surface area (Å²) in [5.41, 5.74) is 2.88. The van der Waals surface area contributed by atoms with Crippen LogP contribution in [0, 0.1) is 33.5 Å². The van der Waals surface area contributed by atoms with Gasteiger partial charge >= 0.3 is 5.97 Å². The Morgan fingerprint density at radius 2 is 1.61 bits per heavy atom. The van der Waals surface area contributed by atoms with Crippen LogP contribution < -0.4 is 0 Å². The first-order valence-corrected chi connectivity index (χ1v) is 5.78. The number of hydrogen-bond donors (Lipinski definition) is 1. The van der Waals surface area contributed by atoms with Crippen molar-refractivity contribution in [2.45, 2.75) is 27.7 Å². The minimum absolute atomic E-state index is 0.235. The van der Waals surface area contributed by atoms with Gasteiger partial charge in [-0.3, -0.25) is 0 Å².